The lowest BCUT2D eigenvalue weighted by Crippen LogP contribution is -2.48. The number of hydrogen-bond donors (Lipinski definition) is 1. The van der Waals surface area contributed by atoms with Crippen molar-refractivity contribution in [1.82, 2.24) is 20.4 Å². The highest BCUT2D eigenvalue weighted by Gasteiger charge is 2.25. The van der Waals surface area contributed by atoms with Gasteiger partial charge in [-0.15, -0.1) is 0 Å². The summed E-state index contributed by atoms with van der Waals surface area (Å²) in [6.45, 7) is 0.0832. The number of carbonyl (C=O) groups excluding carboxylic acids is 1. The highest BCUT2D eigenvalue weighted by atomic mass is 32.2. The molecule has 134 valence electrons. The predicted octanol–water partition coefficient (Wildman–Crippen LogP) is 0.955. The van der Waals surface area contributed by atoms with Gasteiger partial charge in [0.05, 0.1) is 18.1 Å². The number of rotatable bonds is 3. The third kappa shape index (κ3) is 3.92. The molecule has 1 N–H and O–H groups in total. The summed E-state index contributed by atoms with van der Waals surface area (Å²) in [7, 11) is -3.08. The fourth-order valence-corrected chi connectivity index (χ4v) is 3.51. The molecule has 2 amide bonds. The standard InChI is InChI=1S/C14H14F2N4O4S/c15-9-2-1-3-10(16)12(9)13-18-11(19-24-13)8-17-14(21)20-4-6-25(22,23)7-5-20/h1-3H,4-8H2,(H,17,21). The Hall–Kier alpha value is -2.56. The molecule has 0 radical (unpaired) electrons. The average Bonchev–Trinajstić information content (AvgIpc) is 3.01. The van der Waals surface area contributed by atoms with Gasteiger partial charge in [-0.3, -0.25) is 0 Å². The first-order valence-corrected chi connectivity index (χ1v) is 9.18. The molecule has 0 bridgehead atoms. The van der Waals surface area contributed by atoms with Crippen LogP contribution in [-0.2, 0) is 16.4 Å². The van der Waals surface area contributed by atoms with Crippen LogP contribution in [0.5, 0.6) is 0 Å². The Morgan fingerprint density at radius 3 is 2.52 bits per heavy atom. The van der Waals surface area contributed by atoms with Crippen molar-refractivity contribution in [3.05, 3.63) is 35.7 Å². The first-order valence-electron chi connectivity index (χ1n) is 7.36. The number of urea groups is 1. The highest BCUT2D eigenvalue weighted by molar-refractivity contribution is 7.91. The number of hydrogen-bond acceptors (Lipinski definition) is 6. The van der Waals surface area contributed by atoms with Crippen molar-refractivity contribution >= 4 is 15.9 Å². The normalized spacial score (nSPS) is 16.6. The summed E-state index contributed by atoms with van der Waals surface area (Å²) in [4.78, 5) is 17.2. The topological polar surface area (TPSA) is 105 Å². The molecule has 1 aromatic heterocycles. The Kier molecular flexibility index (Phi) is 4.66. The minimum absolute atomic E-state index is 0.0376. The largest absolute Gasteiger partial charge is 0.334 e. The summed E-state index contributed by atoms with van der Waals surface area (Å²) in [5.41, 5.74) is -0.436. The van der Waals surface area contributed by atoms with Gasteiger partial charge in [-0.25, -0.2) is 22.0 Å². The van der Waals surface area contributed by atoms with Gasteiger partial charge in [-0.1, -0.05) is 11.2 Å². The second-order valence-electron chi connectivity index (χ2n) is 5.41. The van der Waals surface area contributed by atoms with Gasteiger partial charge in [-0.2, -0.15) is 4.98 Å². The van der Waals surface area contributed by atoms with E-state index in [0.717, 1.165) is 12.1 Å². The molecule has 2 aromatic rings. The predicted molar refractivity (Wildman–Crippen MR) is 82.1 cm³/mol. The van der Waals surface area contributed by atoms with E-state index in [4.69, 9.17) is 4.52 Å². The van der Waals surface area contributed by atoms with E-state index in [2.05, 4.69) is 15.5 Å². The number of aromatic nitrogens is 2. The second-order valence-corrected chi connectivity index (χ2v) is 7.71. The van der Waals surface area contributed by atoms with Crippen LogP contribution < -0.4 is 5.32 Å². The van der Waals surface area contributed by atoms with Crippen LogP contribution in [0.2, 0.25) is 0 Å². The SMILES string of the molecule is O=C(NCc1noc(-c2c(F)cccc2F)n1)N1CCS(=O)(=O)CC1. The smallest absolute Gasteiger partial charge is 0.317 e. The summed E-state index contributed by atoms with van der Waals surface area (Å²) < 4.78 is 54.9. The van der Waals surface area contributed by atoms with Crippen LogP contribution in [0, 0.1) is 11.6 Å². The number of carbonyl (C=O) groups is 1. The zero-order valence-electron chi connectivity index (χ0n) is 12.9. The van der Waals surface area contributed by atoms with Crippen molar-refractivity contribution in [3.8, 4) is 11.5 Å². The third-order valence-electron chi connectivity index (χ3n) is 3.67. The first-order chi connectivity index (χ1) is 11.9. The van der Waals surface area contributed by atoms with Gasteiger partial charge in [0.15, 0.2) is 15.7 Å². The van der Waals surface area contributed by atoms with Crippen LogP contribution in [-0.4, -0.2) is 54.1 Å². The Morgan fingerprint density at radius 2 is 1.88 bits per heavy atom. The summed E-state index contributed by atoms with van der Waals surface area (Å²) in [6, 6.07) is 2.87. The van der Waals surface area contributed by atoms with E-state index in [1.54, 1.807) is 0 Å². The number of nitrogens with one attached hydrogen (secondary N) is 1. The molecule has 1 aromatic carbocycles. The van der Waals surface area contributed by atoms with Crippen LogP contribution in [0.1, 0.15) is 5.82 Å². The van der Waals surface area contributed by atoms with E-state index in [1.807, 2.05) is 0 Å². The van der Waals surface area contributed by atoms with Crippen molar-refractivity contribution in [1.29, 1.82) is 0 Å². The zero-order valence-corrected chi connectivity index (χ0v) is 13.7. The fraction of sp³-hybridized carbons (Fsp3) is 0.357. The van der Waals surface area contributed by atoms with E-state index in [9.17, 15) is 22.0 Å². The molecule has 1 aliphatic heterocycles. The van der Waals surface area contributed by atoms with Gasteiger partial charge in [-0.05, 0) is 12.1 Å². The summed E-state index contributed by atoms with van der Waals surface area (Å²) >= 11 is 0. The lowest BCUT2D eigenvalue weighted by molar-refractivity contribution is 0.201. The summed E-state index contributed by atoms with van der Waals surface area (Å²) in [5.74, 6) is -2.14. The molecular formula is C14H14F2N4O4S. The van der Waals surface area contributed by atoms with Gasteiger partial charge in [0, 0.05) is 13.1 Å². The highest BCUT2D eigenvalue weighted by Crippen LogP contribution is 2.24. The van der Waals surface area contributed by atoms with E-state index in [1.165, 1.54) is 11.0 Å². The van der Waals surface area contributed by atoms with Gasteiger partial charge in [0.2, 0.25) is 0 Å². The molecule has 1 aliphatic rings. The first kappa shape index (κ1) is 17.3. The summed E-state index contributed by atoms with van der Waals surface area (Å²) in [5, 5.41) is 6.08. The molecule has 1 fully saturated rings. The third-order valence-corrected chi connectivity index (χ3v) is 5.28. The maximum absolute atomic E-state index is 13.7. The van der Waals surface area contributed by atoms with Crippen LogP contribution in [0.15, 0.2) is 22.7 Å². The Morgan fingerprint density at radius 1 is 1.24 bits per heavy atom. The van der Waals surface area contributed by atoms with Gasteiger partial charge < -0.3 is 14.7 Å². The lowest BCUT2D eigenvalue weighted by atomic mass is 10.2. The number of nitrogens with zero attached hydrogens (tertiary/aromatic N) is 3. The minimum Gasteiger partial charge on any atom is -0.334 e. The lowest BCUT2D eigenvalue weighted by Gasteiger charge is -2.26. The Labute approximate surface area is 141 Å². The van der Waals surface area contributed by atoms with Crippen LogP contribution in [0.3, 0.4) is 0 Å². The van der Waals surface area contributed by atoms with Crippen LogP contribution >= 0.6 is 0 Å². The van der Waals surface area contributed by atoms with Crippen molar-refractivity contribution in [2.45, 2.75) is 6.54 Å². The van der Waals surface area contributed by atoms with Crippen molar-refractivity contribution in [2.24, 2.45) is 0 Å². The second kappa shape index (κ2) is 6.75. The maximum Gasteiger partial charge on any atom is 0.317 e. The monoisotopic (exact) mass is 372 g/mol. The molecule has 0 saturated carbocycles. The summed E-state index contributed by atoms with van der Waals surface area (Å²) in [6.07, 6.45) is 0. The van der Waals surface area contributed by atoms with Crippen LogP contribution in [0.4, 0.5) is 13.6 Å². The van der Waals surface area contributed by atoms with Gasteiger partial charge >= 0.3 is 6.03 Å². The number of sulfone groups is 1. The number of amides is 2. The van der Waals surface area contributed by atoms with Gasteiger partial charge in [0.1, 0.15) is 17.2 Å². The minimum atomic E-state index is -3.08. The molecule has 0 spiro atoms. The molecule has 0 aliphatic carbocycles. The van der Waals surface area contributed by atoms with E-state index >= 15 is 0 Å². The average molecular weight is 372 g/mol. The molecule has 2 heterocycles. The number of benzene rings is 1. The Balaban J connectivity index is 1.62. The van der Waals surface area contributed by atoms with Crippen molar-refractivity contribution < 1.29 is 26.5 Å². The van der Waals surface area contributed by atoms with Gasteiger partial charge in [0.25, 0.3) is 5.89 Å². The molecule has 8 nitrogen and oxygen atoms in total. The van der Waals surface area contributed by atoms with E-state index in [-0.39, 0.29) is 42.9 Å². The van der Waals surface area contributed by atoms with Crippen molar-refractivity contribution in [2.75, 3.05) is 24.6 Å². The molecule has 1 saturated heterocycles. The molecule has 0 unspecified atom stereocenters. The molecule has 3 rings (SSSR count). The van der Waals surface area contributed by atoms with E-state index in [0.29, 0.717) is 0 Å². The maximum atomic E-state index is 13.7. The Bertz CT molecular complexity index is 866. The fourth-order valence-electron chi connectivity index (χ4n) is 2.31. The molecular weight excluding hydrogens is 358 g/mol. The number of halogens is 2. The van der Waals surface area contributed by atoms with E-state index < -0.39 is 33.1 Å². The molecule has 11 heteroatoms. The molecule has 0 atom stereocenters. The zero-order chi connectivity index (χ0) is 18.0. The van der Waals surface area contributed by atoms with Crippen LogP contribution in [0.25, 0.3) is 11.5 Å². The molecule has 25 heavy (non-hydrogen) atoms. The van der Waals surface area contributed by atoms with Crippen molar-refractivity contribution in [3.63, 3.8) is 0 Å². The quantitative estimate of drug-likeness (QED) is 0.860.